The van der Waals surface area contributed by atoms with Crippen LogP contribution in [0.4, 0.5) is 5.69 Å². The normalized spacial score (nSPS) is 22.2. The van der Waals surface area contributed by atoms with E-state index in [1.807, 2.05) is 0 Å². The van der Waals surface area contributed by atoms with Crippen LogP contribution in [0.25, 0.3) is 0 Å². The van der Waals surface area contributed by atoms with Crippen molar-refractivity contribution in [3.8, 4) is 0 Å². The largest absolute Gasteiger partial charge is 0.388 e. The Morgan fingerprint density at radius 2 is 1.96 bits per heavy atom. The maximum atomic E-state index is 10.5. The van der Waals surface area contributed by atoms with Crippen molar-refractivity contribution in [1.29, 1.82) is 0 Å². The Morgan fingerprint density at radius 1 is 1.27 bits per heavy atom. The lowest BCUT2D eigenvalue weighted by molar-refractivity contribution is 0.0574. The molecule has 1 atom stereocenters. The van der Waals surface area contributed by atoms with Gasteiger partial charge in [-0.2, -0.15) is 0 Å². The molecule has 2 aliphatic rings. The maximum absolute atomic E-state index is 10.5. The van der Waals surface area contributed by atoms with E-state index in [0.717, 1.165) is 57.7 Å². The summed E-state index contributed by atoms with van der Waals surface area (Å²) >= 11 is 0. The molecular weight excluding hydrogens is 439 g/mol. The molecule has 1 aliphatic heterocycles. The average Bonchev–Trinajstić information content (AvgIpc) is 3.24. The Balaban J connectivity index is 0.00000243. The van der Waals surface area contributed by atoms with E-state index in [1.54, 1.807) is 0 Å². The zero-order chi connectivity index (χ0) is 17.7. The third kappa shape index (κ3) is 5.74. The van der Waals surface area contributed by atoms with Crippen molar-refractivity contribution in [3.05, 3.63) is 29.8 Å². The molecule has 0 aromatic heterocycles. The summed E-state index contributed by atoms with van der Waals surface area (Å²) in [6, 6.07) is 9.13. The van der Waals surface area contributed by atoms with Crippen LogP contribution in [-0.4, -0.2) is 48.9 Å². The van der Waals surface area contributed by atoms with Gasteiger partial charge in [-0.05, 0) is 45.2 Å². The number of halogens is 1. The van der Waals surface area contributed by atoms with E-state index in [-0.39, 0.29) is 24.0 Å². The smallest absolute Gasteiger partial charge is 0.191 e. The molecule has 146 valence electrons. The molecule has 3 N–H and O–H groups in total. The highest BCUT2D eigenvalue weighted by molar-refractivity contribution is 14.0. The molecule has 2 fully saturated rings. The van der Waals surface area contributed by atoms with Gasteiger partial charge in [0.05, 0.1) is 12.1 Å². The van der Waals surface area contributed by atoms with E-state index >= 15 is 0 Å². The molecule has 1 aromatic carbocycles. The van der Waals surface area contributed by atoms with Gasteiger partial charge in [0.2, 0.25) is 0 Å². The molecule has 5 nitrogen and oxygen atoms in total. The van der Waals surface area contributed by atoms with Crippen LogP contribution < -0.4 is 15.5 Å². The Bertz CT molecular complexity index is 584. The lowest BCUT2D eigenvalue weighted by atomic mass is 10.0. The summed E-state index contributed by atoms with van der Waals surface area (Å²) in [7, 11) is 0. The van der Waals surface area contributed by atoms with E-state index in [4.69, 9.17) is 0 Å². The van der Waals surface area contributed by atoms with Gasteiger partial charge < -0.3 is 20.6 Å². The number of rotatable bonds is 5. The van der Waals surface area contributed by atoms with Gasteiger partial charge in [0, 0.05) is 31.4 Å². The van der Waals surface area contributed by atoms with Crippen LogP contribution in [0.3, 0.4) is 0 Å². The van der Waals surface area contributed by atoms with Crippen molar-refractivity contribution in [2.24, 2.45) is 4.99 Å². The predicted octanol–water partition coefficient (Wildman–Crippen LogP) is 3.05. The van der Waals surface area contributed by atoms with Crippen molar-refractivity contribution in [1.82, 2.24) is 10.6 Å². The molecule has 0 spiro atoms. The number of aliphatic imine (C=N–C) groups is 1. The molecule has 6 heteroatoms. The SMILES string of the molecule is CCNC(=NCC1(O)CCCC1)NC1CCN(c2ccc(C)cc2)C1.I. The molecule has 0 amide bonds. The van der Waals surface area contributed by atoms with Crippen molar-refractivity contribution < 1.29 is 5.11 Å². The highest BCUT2D eigenvalue weighted by Crippen LogP contribution is 2.29. The van der Waals surface area contributed by atoms with E-state index in [9.17, 15) is 5.11 Å². The quantitative estimate of drug-likeness (QED) is 0.350. The lowest BCUT2D eigenvalue weighted by Crippen LogP contribution is -2.45. The topological polar surface area (TPSA) is 59.9 Å². The number of hydrogen-bond acceptors (Lipinski definition) is 3. The number of nitrogens with one attached hydrogen (secondary N) is 2. The van der Waals surface area contributed by atoms with Crippen molar-refractivity contribution in [2.45, 2.75) is 57.6 Å². The van der Waals surface area contributed by atoms with E-state index < -0.39 is 5.60 Å². The summed E-state index contributed by atoms with van der Waals surface area (Å²) in [4.78, 5) is 7.09. The van der Waals surface area contributed by atoms with Gasteiger partial charge in [-0.1, -0.05) is 30.5 Å². The first-order valence-electron chi connectivity index (χ1n) is 9.67. The summed E-state index contributed by atoms with van der Waals surface area (Å²) in [6.07, 6.45) is 5.08. The highest BCUT2D eigenvalue weighted by Gasteiger charge is 2.31. The number of hydrogen-bond donors (Lipinski definition) is 3. The van der Waals surface area contributed by atoms with Crippen molar-refractivity contribution in [2.75, 3.05) is 31.1 Å². The summed E-state index contributed by atoms with van der Waals surface area (Å²) < 4.78 is 0. The van der Waals surface area contributed by atoms with Gasteiger partial charge >= 0.3 is 0 Å². The van der Waals surface area contributed by atoms with Crippen molar-refractivity contribution in [3.63, 3.8) is 0 Å². The zero-order valence-electron chi connectivity index (χ0n) is 16.0. The Kier molecular flexibility index (Phi) is 8.01. The molecule has 1 aromatic rings. The van der Waals surface area contributed by atoms with Gasteiger partial charge in [-0.3, -0.25) is 4.99 Å². The Morgan fingerprint density at radius 3 is 2.62 bits per heavy atom. The number of nitrogens with zero attached hydrogens (tertiary/aromatic N) is 2. The van der Waals surface area contributed by atoms with Crippen molar-refractivity contribution >= 4 is 35.6 Å². The molecule has 0 bridgehead atoms. The fourth-order valence-electron chi connectivity index (χ4n) is 3.80. The van der Waals surface area contributed by atoms with Crippen LogP contribution in [0.15, 0.2) is 29.3 Å². The standard InChI is InChI=1S/C20H32N4O.HI/c1-3-21-19(22-15-20(25)11-4-5-12-20)23-17-10-13-24(14-17)18-8-6-16(2)7-9-18;/h6-9,17,25H,3-5,10-15H2,1-2H3,(H2,21,22,23);1H. The molecule has 26 heavy (non-hydrogen) atoms. The monoisotopic (exact) mass is 472 g/mol. The molecule has 3 rings (SSSR count). The third-order valence-corrected chi connectivity index (χ3v) is 5.34. The summed E-state index contributed by atoms with van der Waals surface area (Å²) in [5.74, 6) is 0.832. The van der Waals surface area contributed by atoms with Crippen LogP contribution in [-0.2, 0) is 0 Å². The number of aliphatic hydroxyl groups is 1. The van der Waals surface area contributed by atoms with E-state index in [2.05, 4.69) is 58.6 Å². The van der Waals surface area contributed by atoms with E-state index in [0.29, 0.717) is 12.6 Å². The first kappa shape index (κ1) is 21.3. The second-order valence-corrected chi connectivity index (χ2v) is 7.54. The van der Waals surface area contributed by atoms with Crippen LogP contribution in [0.1, 0.15) is 44.6 Å². The minimum absolute atomic E-state index is 0. The number of aryl methyl sites for hydroxylation is 1. The average molecular weight is 472 g/mol. The summed E-state index contributed by atoms with van der Waals surface area (Å²) in [6.45, 7) is 7.57. The molecule has 1 saturated heterocycles. The number of guanidine groups is 1. The van der Waals surface area contributed by atoms with Gasteiger partial charge in [0.25, 0.3) is 0 Å². The summed E-state index contributed by atoms with van der Waals surface area (Å²) in [5, 5.41) is 17.4. The van der Waals surface area contributed by atoms with Gasteiger partial charge in [0.1, 0.15) is 0 Å². The second-order valence-electron chi connectivity index (χ2n) is 7.54. The predicted molar refractivity (Wildman–Crippen MR) is 120 cm³/mol. The van der Waals surface area contributed by atoms with Crippen LogP contribution >= 0.6 is 24.0 Å². The summed E-state index contributed by atoms with van der Waals surface area (Å²) in [5.41, 5.74) is 1.99. The molecule has 1 heterocycles. The fraction of sp³-hybridized carbons (Fsp3) is 0.650. The fourth-order valence-corrected chi connectivity index (χ4v) is 3.80. The van der Waals surface area contributed by atoms with Crippen LogP contribution in [0.5, 0.6) is 0 Å². The molecule has 1 aliphatic carbocycles. The highest BCUT2D eigenvalue weighted by atomic mass is 127. The van der Waals surface area contributed by atoms with E-state index in [1.165, 1.54) is 11.3 Å². The maximum Gasteiger partial charge on any atom is 0.191 e. The van der Waals surface area contributed by atoms with Gasteiger partial charge in [-0.25, -0.2) is 0 Å². The Labute approximate surface area is 174 Å². The van der Waals surface area contributed by atoms with Crippen LogP contribution in [0, 0.1) is 6.92 Å². The molecule has 1 unspecified atom stereocenters. The number of anilines is 1. The third-order valence-electron chi connectivity index (χ3n) is 5.34. The van der Waals surface area contributed by atoms with Gasteiger partial charge in [0.15, 0.2) is 5.96 Å². The first-order valence-corrected chi connectivity index (χ1v) is 9.67. The molecule has 1 saturated carbocycles. The minimum atomic E-state index is -0.591. The number of benzene rings is 1. The molecular formula is C20H33IN4O. The van der Waals surface area contributed by atoms with Gasteiger partial charge in [-0.15, -0.1) is 24.0 Å². The second kappa shape index (κ2) is 9.78. The minimum Gasteiger partial charge on any atom is -0.388 e. The lowest BCUT2D eigenvalue weighted by Gasteiger charge is -2.23. The first-order chi connectivity index (χ1) is 12.1. The zero-order valence-corrected chi connectivity index (χ0v) is 18.3. The Hall–Kier alpha value is -1.02. The molecule has 0 radical (unpaired) electrons. The van der Waals surface area contributed by atoms with Crippen LogP contribution in [0.2, 0.25) is 0 Å².